The molecule has 0 bridgehead atoms. The molecule has 4 heteroatoms. The Kier molecular flexibility index (Phi) is 4.08. The van der Waals surface area contributed by atoms with Crippen LogP contribution >= 0.6 is 15.9 Å². The van der Waals surface area contributed by atoms with Gasteiger partial charge in [0, 0.05) is 22.0 Å². The average molecular weight is 348 g/mol. The maximum atomic E-state index is 13.8. The molecule has 3 rings (SSSR count). The van der Waals surface area contributed by atoms with Gasteiger partial charge in [0.25, 0.3) is 0 Å². The summed E-state index contributed by atoms with van der Waals surface area (Å²) < 4.78 is 20.3. The summed E-state index contributed by atoms with van der Waals surface area (Å²) in [5, 5.41) is 4.37. The molecule has 2 aromatic carbocycles. The topological polar surface area (TPSA) is 25.2 Å². The van der Waals surface area contributed by atoms with Crippen LogP contribution < -0.4 is 5.32 Å². The van der Waals surface area contributed by atoms with Gasteiger partial charge in [-0.3, -0.25) is 0 Å². The number of furan rings is 1. The molecule has 108 valence electrons. The molecule has 2 nitrogen and oxygen atoms in total. The second-order valence-corrected chi connectivity index (χ2v) is 5.94. The molecule has 0 amide bonds. The first-order chi connectivity index (χ1) is 10.1. The van der Waals surface area contributed by atoms with Crippen LogP contribution in [-0.4, -0.2) is 0 Å². The van der Waals surface area contributed by atoms with Gasteiger partial charge in [0.1, 0.15) is 17.2 Å². The molecule has 1 aromatic heterocycles. The number of halogens is 2. The van der Waals surface area contributed by atoms with Gasteiger partial charge in [-0.15, -0.1) is 0 Å². The summed E-state index contributed by atoms with van der Waals surface area (Å²) in [6.45, 7) is 2.46. The normalized spacial score (nSPS) is 12.7. The van der Waals surface area contributed by atoms with Gasteiger partial charge in [-0.05, 0) is 31.2 Å². The molecule has 1 atom stereocenters. The number of para-hydroxylation sites is 1. The quantitative estimate of drug-likeness (QED) is 0.702. The molecule has 0 aliphatic rings. The lowest BCUT2D eigenvalue weighted by Crippen LogP contribution is -2.18. The monoisotopic (exact) mass is 347 g/mol. The lowest BCUT2D eigenvalue weighted by Gasteiger charge is -2.11. The van der Waals surface area contributed by atoms with Crippen LogP contribution in [-0.2, 0) is 6.54 Å². The van der Waals surface area contributed by atoms with E-state index in [2.05, 4.69) is 21.2 Å². The van der Waals surface area contributed by atoms with Crippen molar-refractivity contribution in [2.24, 2.45) is 0 Å². The van der Waals surface area contributed by atoms with E-state index in [-0.39, 0.29) is 11.9 Å². The number of nitrogens with one attached hydrogen (secondary N) is 1. The largest absolute Gasteiger partial charge is 0.459 e. The predicted octanol–water partition coefficient (Wildman–Crippen LogP) is 5.19. The Morgan fingerprint density at radius 3 is 2.76 bits per heavy atom. The van der Waals surface area contributed by atoms with Crippen LogP contribution in [0.1, 0.15) is 24.3 Å². The second kappa shape index (κ2) is 6.00. The number of rotatable bonds is 4. The maximum absolute atomic E-state index is 13.8. The summed E-state index contributed by atoms with van der Waals surface area (Å²) in [5.41, 5.74) is 1.51. The third kappa shape index (κ3) is 3.17. The van der Waals surface area contributed by atoms with Crippen LogP contribution in [0, 0.1) is 5.82 Å². The summed E-state index contributed by atoms with van der Waals surface area (Å²) in [6.07, 6.45) is 0. The Morgan fingerprint density at radius 2 is 2.00 bits per heavy atom. The number of benzene rings is 2. The van der Waals surface area contributed by atoms with E-state index >= 15 is 0 Å². The van der Waals surface area contributed by atoms with Crippen molar-refractivity contribution in [2.45, 2.75) is 19.5 Å². The number of fused-ring (bicyclic) bond motifs is 1. The van der Waals surface area contributed by atoms with Gasteiger partial charge in [-0.1, -0.05) is 40.2 Å². The Labute approximate surface area is 131 Å². The van der Waals surface area contributed by atoms with Crippen molar-refractivity contribution in [3.8, 4) is 0 Å². The van der Waals surface area contributed by atoms with E-state index in [0.717, 1.165) is 21.2 Å². The fourth-order valence-electron chi connectivity index (χ4n) is 2.24. The standard InChI is InChI=1S/C17H15BrFNO/c1-11(17-8-12-4-2-3-5-16(12)21-17)20-10-13-6-7-14(18)9-15(13)19/h2-9,11,20H,10H2,1H3. The third-order valence-corrected chi connectivity index (χ3v) is 3.98. The highest BCUT2D eigenvalue weighted by Crippen LogP contribution is 2.24. The average Bonchev–Trinajstić information content (AvgIpc) is 2.90. The third-order valence-electron chi connectivity index (χ3n) is 3.49. The molecular formula is C17H15BrFNO. The number of hydrogen-bond donors (Lipinski definition) is 1. The van der Waals surface area contributed by atoms with E-state index in [1.165, 1.54) is 6.07 Å². The highest BCUT2D eigenvalue weighted by molar-refractivity contribution is 9.10. The summed E-state index contributed by atoms with van der Waals surface area (Å²) in [4.78, 5) is 0. The van der Waals surface area contributed by atoms with Crippen molar-refractivity contribution in [3.05, 3.63) is 70.1 Å². The molecule has 0 aliphatic carbocycles. The van der Waals surface area contributed by atoms with E-state index in [4.69, 9.17) is 4.42 Å². The van der Waals surface area contributed by atoms with Crippen LogP contribution in [0.25, 0.3) is 11.0 Å². The van der Waals surface area contributed by atoms with E-state index in [1.807, 2.05) is 43.3 Å². The smallest absolute Gasteiger partial charge is 0.134 e. The second-order valence-electron chi connectivity index (χ2n) is 5.02. The molecular weight excluding hydrogens is 333 g/mol. The van der Waals surface area contributed by atoms with Crippen molar-refractivity contribution in [1.82, 2.24) is 5.32 Å². The molecule has 0 saturated heterocycles. The van der Waals surface area contributed by atoms with Crippen LogP contribution in [0.15, 0.2) is 57.4 Å². The van der Waals surface area contributed by atoms with Gasteiger partial charge in [-0.2, -0.15) is 0 Å². The first kappa shape index (κ1) is 14.3. The lowest BCUT2D eigenvalue weighted by atomic mass is 10.2. The van der Waals surface area contributed by atoms with Crippen molar-refractivity contribution in [1.29, 1.82) is 0 Å². The van der Waals surface area contributed by atoms with Crippen molar-refractivity contribution >= 4 is 26.9 Å². The zero-order valence-corrected chi connectivity index (χ0v) is 13.2. The highest BCUT2D eigenvalue weighted by Gasteiger charge is 2.12. The van der Waals surface area contributed by atoms with E-state index < -0.39 is 0 Å². The molecule has 3 aromatic rings. The summed E-state index contributed by atoms with van der Waals surface area (Å²) in [7, 11) is 0. The molecule has 0 fully saturated rings. The Bertz CT molecular complexity index is 735. The SMILES string of the molecule is CC(NCc1ccc(Br)cc1F)c1cc2ccccc2o1. The first-order valence-corrected chi connectivity index (χ1v) is 7.58. The lowest BCUT2D eigenvalue weighted by molar-refractivity contribution is 0.446. The van der Waals surface area contributed by atoms with Gasteiger partial charge in [0.05, 0.1) is 6.04 Å². The molecule has 21 heavy (non-hydrogen) atoms. The highest BCUT2D eigenvalue weighted by atomic mass is 79.9. The molecule has 0 radical (unpaired) electrons. The van der Waals surface area contributed by atoms with Gasteiger partial charge in [-0.25, -0.2) is 4.39 Å². The van der Waals surface area contributed by atoms with Gasteiger partial charge in [0.15, 0.2) is 0 Å². The Balaban J connectivity index is 1.72. The summed E-state index contributed by atoms with van der Waals surface area (Å²) in [5.74, 6) is 0.641. The van der Waals surface area contributed by atoms with Crippen molar-refractivity contribution < 1.29 is 8.81 Å². The van der Waals surface area contributed by atoms with Crippen molar-refractivity contribution in [3.63, 3.8) is 0 Å². The molecule has 1 heterocycles. The molecule has 0 saturated carbocycles. The molecule has 0 aliphatic heterocycles. The number of hydrogen-bond acceptors (Lipinski definition) is 2. The summed E-state index contributed by atoms with van der Waals surface area (Å²) in [6, 6.07) is 15.0. The van der Waals surface area contributed by atoms with E-state index in [0.29, 0.717) is 12.1 Å². The minimum absolute atomic E-state index is 0.0143. The first-order valence-electron chi connectivity index (χ1n) is 6.79. The van der Waals surface area contributed by atoms with Gasteiger partial charge >= 0.3 is 0 Å². The fourth-order valence-corrected chi connectivity index (χ4v) is 2.58. The summed E-state index contributed by atoms with van der Waals surface area (Å²) >= 11 is 3.26. The van der Waals surface area contributed by atoms with Gasteiger partial charge < -0.3 is 9.73 Å². The fraction of sp³-hybridized carbons (Fsp3) is 0.176. The Hall–Kier alpha value is -1.65. The molecule has 0 spiro atoms. The van der Waals surface area contributed by atoms with Crippen molar-refractivity contribution in [2.75, 3.05) is 0 Å². The van der Waals surface area contributed by atoms with Crippen LogP contribution in [0.5, 0.6) is 0 Å². The van der Waals surface area contributed by atoms with Crippen LogP contribution in [0.4, 0.5) is 4.39 Å². The van der Waals surface area contributed by atoms with Crippen LogP contribution in [0.3, 0.4) is 0 Å². The minimum Gasteiger partial charge on any atom is -0.459 e. The molecule has 1 N–H and O–H groups in total. The van der Waals surface area contributed by atoms with Crippen LogP contribution in [0.2, 0.25) is 0 Å². The zero-order valence-electron chi connectivity index (χ0n) is 11.6. The van der Waals surface area contributed by atoms with E-state index in [1.54, 1.807) is 6.07 Å². The zero-order chi connectivity index (χ0) is 14.8. The van der Waals surface area contributed by atoms with Gasteiger partial charge in [0.2, 0.25) is 0 Å². The predicted molar refractivity (Wildman–Crippen MR) is 85.6 cm³/mol. The van der Waals surface area contributed by atoms with E-state index in [9.17, 15) is 4.39 Å². The maximum Gasteiger partial charge on any atom is 0.134 e. The molecule has 1 unspecified atom stereocenters. The Morgan fingerprint density at radius 1 is 1.19 bits per heavy atom. The minimum atomic E-state index is -0.214.